The number of rotatable bonds is 5. The Hall–Kier alpha value is -2.85. The second kappa shape index (κ2) is 8.42. The molecule has 2 aliphatic rings. The third-order valence-electron chi connectivity index (χ3n) is 5.96. The number of benzene rings is 1. The molecule has 1 aromatic carbocycles. The van der Waals surface area contributed by atoms with Gasteiger partial charge in [0.25, 0.3) is 0 Å². The van der Waals surface area contributed by atoms with E-state index in [2.05, 4.69) is 5.32 Å². The Morgan fingerprint density at radius 3 is 2.62 bits per heavy atom. The molecule has 0 spiro atoms. The quantitative estimate of drug-likeness (QED) is 0.582. The molecule has 2 aromatic rings. The highest BCUT2D eigenvalue weighted by atomic mass is 35.5. The summed E-state index contributed by atoms with van der Waals surface area (Å²) in [5.74, 6) is -2.17. The van der Waals surface area contributed by atoms with Crippen LogP contribution >= 0.6 is 11.6 Å². The van der Waals surface area contributed by atoms with Crippen LogP contribution in [0.5, 0.6) is 0 Å². The van der Waals surface area contributed by atoms with Gasteiger partial charge in [-0.15, -0.1) is 0 Å². The Morgan fingerprint density at radius 2 is 2.03 bits per heavy atom. The van der Waals surface area contributed by atoms with Gasteiger partial charge in [-0.3, -0.25) is 4.79 Å². The van der Waals surface area contributed by atoms with Crippen molar-refractivity contribution in [3.8, 4) is 0 Å². The van der Waals surface area contributed by atoms with E-state index in [9.17, 15) is 24.6 Å². The summed E-state index contributed by atoms with van der Waals surface area (Å²) in [6.45, 7) is 5.33. The summed E-state index contributed by atoms with van der Waals surface area (Å²) in [6, 6.07) is 0.992. The van der Waals surface area contributed by atoms with Crippen molar-refractivity contribution in [3.63, 3.8) is 0 Å². The molecule has 34 heavy (non-hydrogen) atoms. The SMILES string of the molecule is CC(C)(C)OC(=O)NCC1(O)CCN(c2c(F)cc3c(=O)c(C(=O)O)cn(C4CC4)c3c2Cl)C1. The Balaban J connectivity index is 1.66. The first-order valence-electron chi connectivity index (χ1n) is 11.0. The molecule has 11 heteroatoms. The molecule has 1 saturated heterocycles. The summed E-state index contributed by atoms with van der Waals surface area (Å²) in [5, 5.41) is 22.8. The van der Waals surface area contributed by atoms with Gasteiger partial charge in [0, 0.05) is 25.3 Å². The van der Waals surface area contributed by atoms with E-state index in [1.54, 1.807) is 30.2 Å². The summed E-state index contributed by atoms with van der Waals surface area (Å²) >= 11 is 6.64. The summed E-state index contributed by atoms with van der Waals surface area (Å²) in [4.78, 5) is 37.8. The highest BCUT2D eigenvalue weighted by Gasteiger charge is 2.39. The molecule has 1 atom stereocenters. The number of halogens is 2. The standard InChI is InChI=1S/C23H27ClFN3O6/c1-22(2,3)34-21(32)26-10-23(33)6-7-27(11-23)18-15(25)8-13-17(16(18)24)28(12-4-5-12)9-14(19(13)29)20(30)31/h8-9,12,33H,4-7,10-11H2,1-3H3,(H,26,32)(H,30,31). The van der Waals surface area contributed by atoms with Gasteiger partial charge >= 0.3 is 12.1 Å². The van der Waals surface area contributed by atoms with Crippen molar-refractivity contribution in [1.82, 2.24) is 9.88 Å². The Bertz CT molecular complexity index is 1240. The topological polar surface area (TPSA) is 121 Å². The molecular weight excluding hydrogens is 469 g/mol. The van der Waals surface area contributed by atoms with Gasteiger partial charge in [-0.25, -0.2) is 14.0 Å². The van der Waals surface area contributed by atoms with Gasteiger partial charge in [0.1, 0.15) is 22.6 Å². The first-order chi connectivity index (χ1) is 15.8. The molecule has 1 aliphatic heterocycles. The third kappa shape index (κ3) is 4.69. The zero-order valence-electron chi connectivity index (χ0n) is 19.2. The van der Waals surface area contributed by atoms with Gasteiger partial charge < -0.3 is 29.7 Å². The van der Waals surface area contributed by atoms with Crippen LogP contribution in [0.4, 0.5) is 14.9 Å². The van der Waals surface area contributed by atoms with Gasteiger partial charge in [0.2, 0.25) is 5.43 Å². The van der Waals surface area contributed by atoms with Crippen LogP contribution in [0.3, 0.4) is 0 Å². The average molecular weight is 496 g/mol. The van der Waals surface area contributed by atoms with E-state index in [4.69, 9.17) is 16.3 Å². The fraction of sp³-hybridized carbons (Fsp3) is 0.522. The minimum absolute atomic E-state index is 0.00812. The molecule has 3 N–H and O–H groups in total. The smallest absolute Gasteiger partial charge is 0.407 e. The van der Waals surface area contributed by atoms with Gasteiger partial charge in [-0.1, -0.05) is 11.6 Å². The van der Waals surface area contributed by atoms with Gasteiger partial charge in [0.15, 0.2) is 0 Å². The van der Waals surface area contributed by atoms with Crippen molar-refractivity contribution in [2.75, 3.05) is 24.5 Å². The van der Waals surface area contributed by atoms with Crippen molar-refractivity contribution in [2.24, 2.45) is 0 Å². The van der Waals surface area contributed by atoms with E-state index in [0.29, 0.717) is 0 Å². The number of hydrogen-bond acceptors (Lipinski definition) is 6. The first-order valence-corrected chi connectivity index (χ1v) is 11.4. The van der Waals surface area contributed by atoms with E-state index in [1.165, 1.54) is 6.20 Å². The van der Waals surface area contributed by atoms with E-state index in [0.717, 1.165) is 18.9 Å². The number of aromatic nitrogens is 1. The monoisotopic (exact) mass is 495 g/mol. The number of carbonyl (C=O) groups excluding carboxylic acids is 1. The maximum atomic E-state index is 15.3. The number of aromatic carboxylic acids is 1. The van der Waals surface area contributed by atoms with Gasteiger partial charge in [-0.2, -0.15) is 0 Å². The highest BCUT2D eigenvalue weighted by molar-refractivity contribution is 6.38. The van der Waals surface area contributed by atoms with E-state index >= 15 is 4.39 Å². The van der Waals surface area contributed by atoms with Crippen LogP contribution in [0.15, 0.2) is 17.1 Å². The fourth-order valence-corrected chi connectivity index (χ4v) is 4.67. The molecular formula is C23H27ClFN3O6. The predicted molar refractivity (Wildman–Crippen MR) is 124 cm³/mol. The molecule has 4 rings (SSSR count). The molecule has 184 valence electrons. The predicted octanol–water partition coefficient (Wildman–Crippen LogP) is 3.29. The summed E-state index contributed by atoms with van der Waals surface area (Å²) in [6.07, 6.45) is 2.42. The second-order valence-electron chi connectivity index (χ2n) is 9.98. The Morgan fingerprint density at radius 1 is 1.35 bits per heavy atom. The number of ether oxygens (including phenoxy) is 1. The number of pyridine rings is 1. The Labute approximate surface area is 200 Å². The zero-order valence-corrected chi connectivity index (χ0v) is 19.9. The van der Waals surface area contributed by atoms with Gasteiger partial charge in [0.05, 0.1) is 28.2 Å². The van der Waals surface area contributed by atoms with Crippen LogP contribution in [-0.2, 0) is 4.74 Å². The molecule has 1 amide bonds. The minimum Gasteiger partial charge on any atom is -0.477 e. The third-order valence-corrected chi connectivity index (χ3v) is 6.32. The number of amides is 1. The number of alkyl carbamates (subject to hydrolysis) is 1. The van der Waals surface area contributed by atoms with Crippen molar-refractivity contribution >= 4 is 40.3 Å². The molecule has 9 nitrogen and oxygen atoms in total. The molecule has 1 unspecified atom stereocenters. The van der Waals surface area contributed by atoms with Gasteiger partial charge in [-0.05, 0) is 46.1 Å². The number of hydrogen-bond donors (Lipinski definition) is 3. The number of aliphatic hydroxyl groups is 1. The lowest BCUT2D eigenvalue weighted by molar-refractivity contribution is 0.0344. The number of anilines is 1. The van der Waals surface area contributed by atoms with E-state index in [1.807, 2.05) is 0 Å². The molecule has 2 fully saturated rings. The molecule has 1 saturated carbocycles. The summed E-state index contributed by atoms with van der Waals surface area (Å²) < 4.78 is 22.1. The largest absolute Gasteiger partial charge is 0.477 e. The van der Waals surface area contributed by atoms with Crippen molar-refractivity contribution in [3.05, 3.63) is 38.9 Å². The number of nitrogens with one attached hydrogen (secondary N) is 1. The number of β-amino-alcohol motifs (C(OH)–C–C–N with tert-alkyl or cyclic N) is 1. The van der Waals surface area contributed by atoms with Crippen molar-refractivity contribution in [1.29, 1.82) is 0 Å². The van der Waals surface area contributed by atoms with Crippen LogP contribution in [0, 0.1) is 5.82 Å². The summed E-state index contributed by atoms with van der Waals surface area (Å²) in [7, 11) is 0. The Kier molecular flexibility index (Phi) is 6.02. The second-order valence-corrected chi connectivity index (χ2v) is 10.4. The summed E-state index contributed by atoms with van der Waals surface area (Å²) in [5.41, 5.74) is -2.96. The minimum atomic E-state index is -1.39. The fourth-order valence-electron chi connectivity index (χ4n) is 4.26. The van der Waals surface area contributed by atoms with Crippen LogP contribution in [0.1, 0.15) is 56.4 Å². The maximum Gasteiger partial charge on any atom is 0.407 e. The van der Waals surface area contributed by atoms with E-state index < -0.39 is 40.1 Å². The molecule has 1 aromatic heterocycles. The normalized spacial score (nSPS) is 20.6. The average Bonchev–Trinajstić information content (AvgIpc) is 3.48. The first kappa shape index (κ1) is 24.3. The lowest BCUT2D eigenvalue weighted by atomic mass is 10.0. The van der Waals surface area contributed by atoms with Crippen molar-refractivity contribution in [2.45, 2.75) is 57.3 Å². The maximum absolute atomic E-state index is 15.3. The molecule has 1 aliphatic carbocycles. The van der Waals surface area contributed by atoms with E-state index in [-0.39, 0.29) is 53.7 Å². The highest BCUT2D eigenvalue weighted by Crippen LogP contribution is 2.43. The number of carboxylic acid groups (broad SMARTS) is 1. The van der Waals surface area contributed by atoms with Crippen molar-refractivity contribution < 1.29 is 28.9 Å². The van der Waals surface area contributed by atoms with Crippen LogP contribution < -0.4 is 15.6 Å². The molecule has 0 radical (unpaired) electrons. The lowest BCUT2D eigenvalue weighted by Crippen LogP contribution is -2.46. The van der Waals surface area contributed by atoms with Crippen LogP contribution in [0.2, 0.25) is 5.02 Å². The number of nitrogens with zero attached hydrogens (tertiary/aromatic N) is 2. The number of carboxylic acids is 1. The molecule has 2 heterocycles. The molecule has 0 bridgehead atoms. The van der Waals surface area contributed by atoms with Crippen LogP contribution in [0.25, 0.3) is 10.9 Å². The lowest BCUT2D eigenvalue weighted by Gasteiger charge is -2.27. The van der Waals surface area contributed by atoms with Crippen LogP contribution in [-0.4, -0.2) is 57.7 Å². The zero-order chi connectivity index (χ0) is 25.0. The number of carbonyl (C=O) groups is 2. The number of fused-ring (bicyclic) bond motifs is 1.